The van der Waals surface area contributed by atoms with E-state index in [4.69, 9.17) is 6.85 Å². The van der Waals surface area contributed by atoms with Crippen molar-refractivity contribution in [2.45, 2.75) is 20.8 Å². The van der Waals surface area contributed by atoms with E-state index in [1.165, 1.54) is 0 Å². The number of fused-ring (bicyclic) bond motifs is 1. The largest absolute Gasteiger partial charge is 0.256 e. The summed E-state index contributed by atoms with van der Waals surface area (Å²) in [5, 5.41) is 1.92. The van der Waals surface area contributed by atoms with Crippen LogP contribution in [0.1, 0.15) is 23.5 Å². The van der Waals surface area contributed by atoms with E-state index < -0.39 is 0 Å². The Kier molecular flexibility index (Phi) is 2.68. The molecule has 0 aliphatic heterocycles. The maximum absolute atomic E-state index is 8.32. The Bertz CT molecular complexity index is 1280. The second kappa shape index (κ2) is 6.18. The van der Waals surface area contributed by atoms with Gasteiger partial charge >= 0.3 is 0 Å². The normalized spacial score (nSPS) is 13.8. The fourth-order valence-corrected chi connectivity index (χ4v) is 3.40. The topological polar surface area (TPSA) is 12.9 Å². The SMILES string of the molecule is [2H]c1c([2H])c([2H])c(-c2ccc3c(-c4cc(C)cc(C)c4)nccc3c2C)c([2H])c1[2H]. The molecule has 3 aromatic carbocycles. The fourth-order valence-electron chi connectivity index (χ4n) is 3.40. The van der Waals surface area contributed by atoms with E-state index in [0.29, 0.717) is 5.56 Å². The summed E-state index contributed by atoms with van der Waals surface area (Å²) >= 11 is 0. The molecule has 0 saturated carbocycles. The zero-order valence-corrected chi connectivity index (χ0v) is 14.5. The molecule has 1 heterocycles. The molecule has 0 atom stereocenters. The van der Waals surface area contributed by atoms with Crippen LogP contribution in [-0.2, 0) is 0 Å². The lowest BCUT2D eigenvalue weighted by molar-refractivity contribution is 1.32. The van der Waals surface area contributed by atoms with Crippen molar-refractivity contribution in [1.82, 2.24) is 4.98 Å². The average Bonchev–Trinajstić information content (AvgIpc) is 2.71. The Morgan fingerprint density at radius 2 is 1.48 bits per heavy atom. The number of benzene rings is 3. The third-order valence-corrected chi connectivity index (χ3v) is 4.48. The maximum Gasteiger partial charge on any atom is 0.0780 e. The van der Waals surface area contributed by atoms with Gasteiger partial charge in [-0.3, -0.25) is 4.98 Å². The van der Waals surface area contributed by atoms with Gasteiger partial charge in [0.1, 0.15) is 0 Å². The van der Waals surface area contributed by atoms with Gasteiger partial charge in [0.15, 0.2) is 0 Å². The zero-order valence-electron chi connectivity index (χ0n) is 19.5. The lowest BCUT2D eigenvalue weighted by Gasteiger charge is -2.13. The summed E-state index contributed by atoms with van der Waals surface area (Å²) in [6, 6.07) is 10.6. The van der Waals surface area contributed by atoms with Crippen LogP contribution in [0, 0.1) is 20.8 Å². The molecule has 4 aromatic rings. The lowest BCUT2D eigenvalue weighted by Crippen LogP contribution is -1.91. The zero-order chi connectivity index (χ0) is 21.7. The number of hydrogen-bond acceptors (Lipinski definition) is 1. The summed E-state index contributed by atoms with van der Waals surface area (Å²) in [5.74, 6) is 0. The standard InChI is InChI=1S/C24H21N/c1-16-13-17(2)15-20(14-16)24-23-10-9-21(19-7-5-4-6-8-19)18(3)22(23)11-12-25-24/h4-15H,1-3H3/i4D,5D,6D,7D,8D. The predicted molar refractivity (Wildman–Crippen MR) is 107 cm³/mol. The highest BCUT2D eigenvalue weighted by molar-refractivity contribution is 5.99. The molecular formula is C24H21N. The molecular weight excluding hydrogens is 302 g/mol. The third-order valence-electron chi connectivity index (χ3n) is 4.48. The number of pyridine rings is 1. The van der Waals surface area contributed by atoms with Crippen molar-refractivity contribution in [3.05, 3.63) is 89.5 Å². The van der Waals surface area contributed by atoms with Crippen LogP contribution in [0.15, 0.2) is 72.8 Å². The van der Waals surface area contributed by atoms with E-state index in [2.05, 4.69) is 37.0 Å². The van der Waals surface area contributed by atoms with Crippen LogP contribution in [0.3, 0.4) is 0 Å². The summed E-state index contributed by atoms with van der Waals surface area (Å²) < 4.78 is 40.4. The minimum absolute atomic E-state index is 0.188. The van der Waals surface area contributed by atoms with Gasteiger partial charge in [-0.2, -0.15) is 0 Å². The van der Waals surface area contributed by atoms with Gasteiger partial charge in [0.2, 0.25) is 0 Å². The van der Waals surface area contributed by atoms with E-state index in [9.17, 15) is 0 Å². The van der Waals surface area contributed by atoms with E-state index in [0.717, 1.165) is 38.7 Å². The monoisotopic (exact) mass is 328 g/mol. The van der Waals surface area contributed by atoms with Crippen LogP contribution in [0.4, 0.5) is 0 Å². The molecule has 0 fully saturated rings. The first-order valence-electron chi connectivity index (χ1n) is 10.7. The molecule has 0 amide bonds. The highest BCUT2D eigenvalue weighted by atomic mass is 14.7. The van der Waals surface area contributed by atoms with Crippen molar-refractivity contribution in [3.8, 4) is 22.4 Å². The second-order valence-electron chi connectivity index (χ2n) is 6.37. The minimum Gasteiger partial charge on any atom is -0.256 e. The van der Waals surface area contributed by atoms with Crippen LogP contribution in [0.5, 0.6) is 0 Å². The van der Waals surface area contributed by atoms with Gasteiger partial charge in [0.05, 0.1) is 12.5 Å². The Hall–Kier alpha value is -2.93. The molecule has 122 valence electrons. The summed E-state index contributed by atoms with van der Waals surface area (Å²) in [6.07, 6.45) is 1.76. The third kappa shape index (κ3) is 2.83. The van der Waals surface area contributed by atoms with Crippen molar-refractivity contribution in [1.29, 1.82) is 0 Å². The smallest absolute Gasteiger partial charge is 0.0780 e. The Balaban J connectivity index is 2.01. The molecule has 0 unspecified atom stereocenters. The van der Waals surface area contributed by atoms with Crippen molar-refractivity contribution >= 4 is 10.8 Å². The molecule has 4 rings (SSSR count). The number of aromatic nitrogens is 1. The first-order valence-corrected chi connectivity index (χ1v) is 8.25. The molecule has 0 N–H and O–H groups in total. The van der Waals surface area contributed by atoms with Gasteiger partial charge in [0.25, 0.3) is 0 Å². The highest BCUT2D eigenvalue weighted by Crippen LogP contribution is 2.34. The highest BCUT2D eigenvalue weighted by Gasteiger charge is 2.11. The fraction of sp³-hybridized carbons (Fsp3) is 0.125. The number of rotatable bonds is 2. The molecule has 0 spiro atoms. The lowest BCUT2D eigenvalue weighted by atomic mass is 9.93. The van der Waals surface area contributed by atoms with E-state index in [-0.39, 0.29) is 35.8 Å². The molecule has 0 aliphatic carbocycles. The van der Waals surface area contributed by atoms with E-state index in [1.807, 2.05) is 25.1 Å². The average molecular weight is 328 g/mol. The Morgan fingerprint density at radius 3 is 2.20 bits per heavy atom. The first kappa shape index (κ1) is 10.8. The molecule has 0 radical (unpaired) electrons. The predicted octanol–water partition coefficient (Wildman–Crippen LogP) is 6.49. The van der Waals surface area contributed by atoms with Crippen molar-refractivity contribution in [2.75, 3.05) is 0 Å². The van der Waals surface area contributed by atoms with E-state index >= 15 is 0 Å². The summed E-state index contributed by atoms with van der Waals surface area (Å²) in [6.45, 7) is 6.04. The van der Waals surface area contributed by atoms with Crippen molar-refractivity contribution < 1.29 is 6.85 Å². The van der Waals surface area contributed by atoms with E-state index in [1.54, 1.807) is 6.20 Å². The molecule has 0 bridgehead atoms. The summed E-state index contributed by atoms with van der Waals surface area (Å²) in [4.78, 5) is 4.62. The van der Waals surface area contributed by atoms with Gasteiger partial charge in [-0.05, 0) is 61.0 Å². The Labute approximate surface area is 156 Å². The second-order valence-corrected chi connectivity index (χ2v) is 6.37. The van der Waals surface area contributed by atoms with Crippen LogP contribution in [0.25, 0.3) is 33.2 Å². The van der Waals surface area contributed by atoms with Crippen LogP contribution >= 0.6 is 0 Å². The Morgan fingerprint density at radius 1 is 0.760 bits per heavy atom. The van der Waals surface area contributed by atoms with Crippen molar-refractivity contribution in [3.63, 3.8) is 0 Å². The van der Waals surface area contributed by atoms with Gasteiger partial charge in [-0.15, -0.1) is 0 Å². The van der Waals surface area contributed by atoms with Crippen molar-refractivity contribution in [2.24, 2.45) is 0 Å². The first-order chi connectivity index (χ1) is 14.2. The molecule has 1 nitrogen and oxygen atoms in total. The summed E-state index contributed by atoms with van der Waals surface area (Å²) in [5.41, 5.74) is 5.96. The molecule has 1 heteroatoms. The number of hydrogen-bond donors (Lipinski definition) is 0. The molecule has 0 aliphatic rings. The molecule has 1 aromatic heterocycles. The van der Waals surface area contributed by atoms with Crippen LogP contribution < -0.4 is 0 Å². The van der Waals surface area contributed by atoms with Gasteiger partial charge in [0, 0.05) is 17.1 Å². The van der Waals surface area contributed by atoms with Crippen LogP contribution in [-0.4, -0.2) is 4.98 Å². The maximum atomic E-state index is 8.32. The van der Waals surface area contributed by atoms with Gasteiger partial charge < -0.3 is 0 Å². The van der Waals surface area contributed by atoms with Crippen LogP contribution in [0.2, 0.25) is 0 Å². The molecule has 25 heavy (non-hydrogen) atoms. The quantitative estimate of drug-likeness (QED) is 0.409. The van der Waals surface area contributed by atoms with Gasteiger partial charge in [-0.25, -0.2) is 0 Å². The number of aryl methyl sites for hydroxylation is 3. The minimum atomic E-state index is -0.381. The van der Waals surface area contributed by atoms with Gasteiger partial charge in [-0.1, -0.05) is 59.5 Å². The number of nitrogens with zero attached hydrogens (tertiary/aromatic N) is 1. The molecule has 0 saturated heterocycles. The summed E-state index contributed by atoms with van der Waals surface area (Å²) in [7, 11) is 0.